The van der Waals surface area contributed by atoms with E-state index in [4.69, 9.17) is 4.43 Å². The zero-order valence-electron chi connectivity index (χ0n) is 20.7. The molecule has 0 spiro atoms. The molecule has 1 amide bonds. The molecule has 6 nitrogen and oxygen atoms in total. The van der Waals surface area contributed by atoms with Gasteiger partial charge in [0.1, 0.15) is 18.5 Å². The Morgan fingerprint density at radius 2 is 1.89 bits per heavy atom. The summed E-state index contributed by atoms with van der Waals surface area (Å²) in [5, 5.41) is 0.104. The predicted octanol–water partition coefficient (Wildman–Crippen LogP) is 5.05. The van der Waals surface area contributed by atoms with Crippen molar-refractivity contribution in [2.24, 2.45) is 0 Å². The van der Waals surface area contributed by atoms with Gasteiger partial charge < -0.3 is 18.5 Å². The Morgan fingerprint density at radius 1 is 1.16 bits per heavy atom. The standard InChI is InChI=1S/C25H28F5N3O3Si/c1-37(2,3)36-11-10-31-14-18(16-4-5-20(27)19(12-16)25(28,29)30)23-21(31)7-9-33(24(23)35)15-22(34)32-8-6-17(26)13-32/h4-5,7,9,12,14,17H,6,8,10-11,13,15H2,1-3H3. The van der Waals surface area contributed by atoms with E-state index in [-0.39, 0.29) is 42.6 Å². The van der Waals surface area contributed by atoms with Crippen molar-refractivity contribution >= 4 is 25.1 Å². The number of benzene rings is 1. The van der Waals surface area contributed by atoms with Crippen molar-refractivity contribution in [3.05, 3.63) is 58.4 Å². The van der Waals surface area contributed by atoms with Crippen LogP contribution in [0.5, 0.6) is 0 Å². The van der Waals surface area contributed by atoms with Gasteiger partial charge in [-0.3, -0.25) is 9.59 Å². The van der Waals surface area contributed by atoms with Crippen molar-refractivity contribution in [1.82, 2.24) is 14.0 Å². The highest BCUT2D eigenvalue weighted by atomic mass is 28.4. The zero-order chi connectivity index (χ0) is 27.1. The first-order chi connectivity index (χ1) is 17.2. The number of nitrogens with zero attached hydrogens (tertiary/aromatic N) is 3. The number of aromatic nitrogens is 2. The molecule has 3 heterocycles. The van der Waals surface area contributed by atoms with Crippen LogP contribution in [0, 0.1) is 5.82 Å². The minimum Gasteiger partial charge on any atom is -0.416 e. The predicted molar refractivity (Wildman–Crippen MR) is 132 cm³/mol. The molecule has 1 aliphatic rings. The van der Waals surface area contributed by atoms with Crippen molar-refractivity contribution in [1.29, 1.82) is 0 Å². The van der Waals surface area contributed by atoms with Gasteiger partial charge in [0.15, 0.2) is 8.32 Å². The molecule has 1 aliphatic heterocycles. The fraction of sp³-hybridized carbons (Fsp3) is 0.440. The highest BCUT2D eigenvalue weighted by Crippen LogP contribution is 2.36. The molecule has 1 fully saturated rings. The molecule has 1 saturated heterocycles. The minimum absolute atomic E-state index is 0.0181. The fourth-order valence-corrected chi connectivity index (χ4v) is 5.13. The smallest absolute Gasteiger partial charge is 0.416 e. The second kappa shape index (κ2) is 10.0. The molecular formula is C25H28F5N3O3Si. The SMILES string of the molecule is C[Si](C)(C)OCCn1cc(-c2ccc(F)c(C(F)(F)F)c2)c2c(=O)n(CC(=O)N3CCC(F)C3)ccc21. The van der Waals surface area contributed by atoms with Gasteiger partial charge in [0.25, 0.3) is 5.56 Å². The first kappa shape index (κ1) is 27.1. The van der Waals surface area contributed by atoms with Crippen molar-refractivity contribution in [2.75, 3.05) is 19.7 Å². The van der Waals surface area contributed by atoms with Crippen LogP contribution in [0.4, 0.5) is 22.0 Å². The van der Waals surface area contributed by atoms with Gasteiger partial charge in [-0.1, -0.05) is 6.07 Å². The Balaban J connectivity index is 1.79. The number of hydrogen-bond acceptors (Lipinski definition) is 3. The van der Waals surface area contributed by atoms with E-state index in [1.807, 2.05) is 19.6 Å². The number of hydrogen-bond donors (Lipinski definition) is 0. The van der Waals surface area contributed by atoms with E-state index in [1.54, 1.807) is 16.8 Å². The van der Waals surface area contributed by atoms with Gasteiger partial charge in [-0.2, -0.15) is 13.2 Å². The lowest BCUT2D eigenvalue weighted by Gasteiger charge is -2.18. The van der Waals surface area contributed by atoms with Crippen LogP contribution in [0.25, 0.3) is 22.0 Å². The maximum absolute atomic E-state index is 14.0. The Labute approximate surface area is 211 Å². The Bertz CT molecular complexity index is 1380. The van der Waals surface area contributed by atoms with Crippen LogP contribution in [0.1, 0.15) is 12.0 Å². The van der Waals surface area contributed by atoms with Crippen molar-refractivity contribution in [2.45, 2.75) is 51.5 Å². The molecule has 0 bridgehead atoms. The number of likely N-dealkylation sites (tertiary alicyclic amines) is 1. The number of amides is 1. The topological polar surface area (TPSA) is 56.5 Å². The molecule has 2 aromatic heterocycles. The summed E-state index contributed by atoms with van der Waals surface area (Å²) >= 11 is 0. The van der Waals surface area contributed by atoms with Crippen LogP contribution < -0.4 is 5.56 Å². The third-order valence-corrected chi connectivity index (χ3v) is 7.32. The van der Waals surface area contributed by atoms with E-state index >= 15 is 0 Å². The number of carbonyl (C=O) groups is 1. The molecule has 37 heavy (non-hydrogen) atoms. The van der Waals surface area contributed by atoms with Crippen LogP contribution in [0.2, 0.25) is 19.6 Å². The molecular weight excluding hydrogens is 513 g/mol. The number of alkyl halides is 4. The maximum Gasteiger partial charge on any atom is 0.419 e. The van der Waals surface area contributed by atoms with Gasteiger partial charge in [-0.15, -0.1) is 0 Å². The number of fused-ring (bicyclic) bond motifs is 1. The van der Waals surface area contributed by atoms with Crippen LogP contribution >= 0.6 is 0 Å². The number of pyridine rings is 1. The van der Waals surface area contributed by atoms with E-state index in [2.05, 4.69) is 0 Å². The lowest BCUT2D eigenvalue weighted by atomic mass is 10.0. The molecule has 1 unspecified atom stereocenters. The minimum atomic E-state index is -4.92. The summed E-state index contributed by atoms with van der Waals surface area (Å²) in [6, 6.07) is 4.20. The lowest BCUT2D eigenvalue weighted by Crippen LogP contribution is -2.35. The quantitative estimate of drug-likeness (QED) is 0.311. The van der Waals surface area contributed by atoms with E-state index in [9.17, 15) is 31.5 Å². The van der Waals surface area contributed by atoms with E-state index in [0.717, 1.165) is 10.6 Å². The zero-order valence-corrected chi connectivity index (χ0v) is 21.7. The maximum atomic E-state index is 14.0. The second-order valence-corrected chi connectivity index (χ2v) is 14.6. The number of halogens is 5. The summed E-state index contributed by atoms with van der Waals surface area (Å²) in [5.74, 6) is -1.84. The summed E-state index contributed by atoms with van der Waals surface area (Å²) < 4.78 is 76.5. The molecule has 12 heteroatoms. The lowest BCUT2D eigenvalue weighted by molar-refractivity contribution is -0.140. The number of carbonyl (C=O) groups excluding carboxylic acids is 1. The first-order valence-electron chi connectivity index (χ1n) is 11.9. The van der Waals surface area contributed by atoms with Gasteiger partial charge in [-0.05, 0) is 49.8 Å². The Kier molecular flexibility index (Phi) is 7.35. The molecule has 0 N–H and O–H groups in total. The van der Waals surface area contributed by atoms with Gasteiger partial charge in [0.2, 0.25) is 5.91 Å². The normalized spacial score (nSPS) is 16.6. The van der Waals surface area contributed by atoms with Gasteiger partial charge in [0.05, 0.1) is 29.6 Å². The fourth-order valence-electron chi connectivity index (χ4n) is 4.43. The van der Waals surface area contributed by atoms with Crippen molar-refractivity contribution < 1.29 is 31.2 Å². The van der Waals surface area contributed by atoms with Crippen molar-refractivity contribution in [3.63, 3.8) is 0 Å². The van der Waals surface area contributed by atoms with Gasteiger partial charge in [-0.25, -0.2) is 8.78 Å². The summed E-state index contributed by atoms with van der Waals surface area (Å²) in [6.45, 7) is 6.61. The summed E-state index contributed by atoms with van der Waals surface area (Å²) in [7, 11) is -1.84. The molecule has 1 aromatic carbocycles. The molecule has 0 aliphatic carbocycles. The van der Waals surface area contributed by atoms with Gasteiger partial charge in [0, 0.05) is 31.0 Å². The molecule has 1 atom stereocenters. The van der Waals surface area contributed by atoms with Crippen LogP contribution in [-0.4, -0.2) is 54.1 Å². The average molecular weight is 542 g/mol. The summed E-state index contributed by atoms with van der Waals surface area (Å²) in [6.07, 6.45) is -2.80. The van der Waals surface area contributed by atoms with E-state index < -0.39 is 43.5 Å². The summed E-state index contributed by atoms with van der Waals surface area (Å²) in [4.78, 5) is 27.5. The molecule has 0 radical (unpaired) electrons. The van der Waals surface area contributed by atoms with Gasteiger partial charge >= 0.3 is 6.18 Å². The monoisotopic (exact) mass is 541 g/mol. The third kappa shape index (κ3) is 5.95. The highest BCUT2D eigenvalue weighted by Gasteiger charge is 2.34. The number of rotatable bonds is 7. The van der Waals surface area contributed by atoms with Crippen LogP contribution in [-0.2, 0) is 28.5 Å². The third-order valence-electron chi connectivity index (χ3n) is 6.25. The van der Waals surface area contributed by atoms with Crippen LogP contribution in [0.3, 0.4) is 0 Å². The molecule has 200 valence electrons. The first-order valence-corrected chi connectivity index (χ1v) is 15.3. The Hall–Kier alpha value is -2.99. The molecule has 0 saturated carbocycles. The molecule has 4 rings (SSSR count). The highest BCUT2D eigenvalue weighted by molar-refractivity contribution is 6.69. The van der Waals surface area contributed by atoms with E-state index in [0.29, 0.717) is 24.7 Å². The van der Waals surface area contributed by atoms with E-state index in [1.165, 1.54) is 17.2 Å². The Morgan fingerprint density at radius 3 is 2.51 bits per heavy atom. The molecule has 3 aromatic rings. The summed E-state index contributed by atoms with van der Waals surface area (Å²) in [5.41, 5.74) is -1.37. The van der Waals surface area contributed by atoms with Crippen LogP contribution in [0.15, 0.2) is 41.5 Å². The van der Waals surface area contributed by atoms with Crippen molar-refractivity contribution in [3.8, 4) is 11.1 Å². The average Bonchev–Trinajstić information content (AvgIpc) is 3.39. The second-order valence-electron chi connectivity index (χ2n) is 10.1. The largest absolute Gasteiger partial charge is 0.419 e.